The molecule has 0 spiro atoms. The number of rotatable bonds is 3. The lowest BCUT2D eigenvalue weighted by Gasteiger charge is -2.17. The molecule has 0 saturated carbocycles. The number of fused-ring (bicyclic) bond motifs is 1. The van der Waals surface area contributed by atoms with Gasteiger partial charge in [-0.1, -0.05) is 30.0 Å². The molecular weight excluding hydrogens is 375 g/mol. The molecule has 0 fully saturated rings. The van der Waals surface area contributed by atoms with Crippen LogP contribution >= 0.6 is 11.8 Å². The van der Waals surface area contributed by atoms with Gasteiger partial charge in [0.25, 0.3) is 11.5 Å². The van der Waals surface area contributed by atoms with Crippen LogP contribution in [0.4, 0.5) is 4.39 Å². The Morgan fingerprint density at radius 2 is 1.93 bits per heavy atom. The van der Waals surface area contributed by atoms with E-state index in [0.29, 0.717) is 11.4 Å². The van der Waals surface area contributed by atoms with Gasteiger partial charge in [-0.3, -0.25) is 14.2 Å². The second-order valence-electron chi connectivity index (χ2n) is 6.63. The van der Waals surface area contributed by atoms with Crippen LogP contribution in [0.5, 0.6) is 0 Å². The Kier molecular flexibility index (Phi) is 5.30. The molecule has 2 heterocycles. The van der Waals surface area contributed by atoms with Crippen LogP contribution in [-0.4, -0.2) is 10.5 Å². The number of pyridine rings is 1. The lowest BCUT2D eigenvalue weighted by molar-refractivity contribution is 0.0965. The highest BCUT2D eigenvalue weighted by Gasteiger charge is 2.21. The van der Waals surface area contributed by atoms with E-state index < -0.39 is 11.5 Å². The number of benzene rings is 1. The van der Waals surface area contributed by atoms with Crippen LogP contribution in [0.3, 0.4) is 0 Å². The third-order valence-electron chi connectivity index (χ3n) is 4.67. The molecule has 0 atom stereocenters. The lowest BCUT2D eigenvalue weighted by Crippen LogP contribution is -2.33. The molecule has 0 saturated heterocycles. The lowest BCUT2D eigenvalue weighted by atomic mass is 10.1. The molecule has 4 nitrogen and oxygen atoms in total. The summed E-state index contributed by atoms with van der Waals surface area (Å²) < 4.78 is 14.9. The SMILES string of the molecule is O=C(NC1=CCCC=C1)c1cc2c(n(-c3ccc(F)cc3)c1=O)SC=CCC2. The number of nitrogens with one attached hydrogen (secondary N) is 1. The van der Waals surface area contributed by atoms with Gasteiger partial charge in [-0.05, 0) is 73.1 Å². The van der Waals surface area contributed by atoms with Crippen molar-refractivity contribution >= 4 is 17.7 Å². The molecule has 1 aromatic heterocycles. The third-order valence-corrected chi connectivity index (χ3v) is 5.66. The molecular formula is C22H19FN2O2S. The van der Waals surface area contributed by atoms with Crippen molar-refractivity contribution in [2.75, 3.05) is 0 Å². The number of halogens is 1. The number of carbonyl (C=O) groups excluding carboxylic acids is 1. The van der Waals surface area contributed by atoms with Gasteiger partial charge in [-0.25, -0.2) is 4.39 Å². The van der Waals surface area contributed by atoms with Crippen molar-refractivity contribution in [1.82, 2.24) is 9.88 Å². The van der Waals surface area contributed by atoms with Crippen molar-refractivity contribution in [2.24, 2.45) is 0 Å². The summed E-state index contributed by atoms with van der Waals surface area (Å²) in [5.41, 5.74) is 1.85. The average Bonchev–Trinajstić information content (AvgIpc) is 2.94. The zero-order chi connectivity index (χ0) is 19.5. The summed E-state index contributed by atoms with van der Waals surface area (Å²) in [7, 11) is 0. The Bertz CT molecular complexity index is 1070. The molecule has 2 aromatic rings. The summed E-state index contributed by atoms with van der Waals surface area (Å²) in [4.78, 5) is 26.1. The standard InChI is InChI=1S/C22H19FN2O2S/c23-16-9-11-18(12-10-16)25-21(27)19(14-15-6-4-5-13-28-22(15)25)20(26)24-17-7-2-1-3-8-17/h2,5,7-14H,1,3-4,6H2,(H,24,26). The van der Waals surface area contributed by atoms with E-state index in [1.807, 2.05) is 29.7 Å². The van der Waals surface area contributed by atoms with Gasteiger partial charge in [0.05, 0.1) is 5.03 Å². The number of amides is 1. The number of thioether (sulfide) groups is 1. The van der Waals surface area contributed by atoms with Crippen LogP contribution in [0.15, 0.2) is 75.6 Å². The fourth-order valence-corrected chi connectivity index (χ4v) is 4.24. The van der Waals surface area contributed by atoms with Gasteiger partial charge in [0.15, 0.2) is 0 Å². The first kappa shape index (κ1) is 18.5. The molecule has 1 aliphatic carbocycles. The number of allylic oxidation sites excluding steroid dienone is 4. The topological polar surface area (TPSA) is 51.1 Å². The third kappa shape index (κ3) is 3.73. The number of hydrogen-bond donors (Lipinski definition) is 1. The predicted molar refractivity (Wildman–Crippen MR) is 109 cm³/mol. The minimum absolute atomic E-state index is 0.0884. The van der Waals surface area contributed by atoms with E-state index in [9.17, 15) is 14.0 Å². The monoisotopic (exact) mass is 394 g/mol. The molecule has 6 heteroatoms. The largest absolute Gasteiger partial charge is 0.322 e. The first-order valence-electron chi connectivity index (χ1n) is 9.18. The van der Waals surface area contributed by atoms with Gasteiger partial charge < -0.3 is 5.32 Å². The maximum Gasteiger partial charge on any atom is 0.268 e. The molecule has 4 rings (SSSR count). The Hall–Kier alpha value is -2.86. The van der Waals surface area contributed by atoms with E-state index in [1.54, 1.807) is 18.2 Å². The molecule has 1 N–H and O–H groups in total. The van der Waals surface area contributed by atoms with E-state index in [0.717, 1.165) is 36.3 Å². The minimum Gasteiger partial charge on any atom is -0.322 e. The van der Waals surface area contributed by atoms with Crippen molar-refractivity contribution in [3.8, 4) is 5.69 Å². The number of aromatic nitrogens is 1. The predicted octanol–water partition coefficient (Wildman–Crippen LogP) is 4.49. The molecule has 1 aromatic carbocycles. The van der Waals surface area contributed by atoms with Crippen LogP contribution in [0.1, 0.15) is 35.2 Å². The van der Waals surface area contributed by atoms with E-state index in [-0.39, 0.29) is 11.4 Å². The van der Waals surface area contributed by atoms with Crippen molar-refractivity contribution < 1.29 is 9.18 Å². The Morgan fingerprint density at radius 3 is 2.68 bits per heavy atom. The zero-order valence-electron chi connectivity index (χ0n) is 15.2. The summed E-state index contributed by atoms with van der Waals surface area (Å²) in [6.07, 6.45) is 11.2. The van der Waals surface area contributed by atoms with E-state index in [4.69, 9.17) is 0 Å². The van der Waals surface area contributed by atoms with Crippen molar-refractivity contribution in [2.45, 2.75) is 30.7 Å². The first-order valence-corrected chi connectivity index (χ1v) is 10.1. The molecule has 0 bridgehead atoms. The summed E-state index contributed by atoms with van der Waals surface area (Å²) in [5, 5.41) is 5.54. The average molecular weight is 394 g/mol. The van der Waals surface area contributed by atoms with Crippen molar-refractivity contribution in [3.05, 3.63) is 93.0 Å². The Morgan fingerprint density at radius 1 is 1.11 bits per heavy atom. The van der Waals surface area contributed by atoms with Crippen LogP contribution in [0.2, 0.25) is 0 Å². The van der Waals surface area contributed by atoms with Crippen molar-refractivity contribution in [1.29, 1.82) is 0 Å². The molecule has 1 aliphatic heterocycles. The second-order valence-corrected chi connectivity index (χ2v) is 7.52. The second kappa shape index (κ2) is 8.02. The minimum atomic E-state index is -0.427. The molecule has 1 amide bonds. The fourth-order valence-electron chi connectivity index (χ4n) is 3.27. The normalized spacial score (nSPS) is 15.5. The molecule has 28 heavy (non-hydrogen) atoms. The maximum absolute atomic E-state index is 13.4. The first-order chi connectivity index (χ1) is 13.6. The molecule has 0 radical (unpaired) electrons. The Balaban J connectivity index is 1.83. The zero-order valence-corrected chi connectivity index (χ0v) is 16.0. The highest BCUT2D eigenvalue weighted by Crippen LogP contribution is 2.30. The van der Waals surface area contributed by atoms with E-state index in [1.165, 1.54) is 28.5 Å². The van der Waals surface area contributed by atoms with Crippen LogP contribution in [0.25, 0.3) is 5.69 Å². The quantitative estimate of drug-likeness (QED) is 0.834. The van der Waals surface area contributed by atoms with Gasteiger partial charge in [0, 0.05) is 11.4 Å². The van der Waals surface area contributed by atoms with Crippen LogP contribution < -0.4 is 10.9 Å². The van der Waals surface area contributed by atoms with Crippen molar-refractivity contribution in [3.63, 3.8) is 0 Å². The number of nitrogens with zero attached hydrogens (tertiary/aromatic N) is 1. The summed E-state index contributed by atoms with van der Waals surface area (Å²) in [6.45, 7) is 0. The number of hydrogen-bond acceptors (Lipinski definition) is 3. The van der Waals surface area contributed by atoms with Gasteiger partial charge in [-0.2, -0.15) is 0 Å². The van der Waals surface area contributed by atoms with Gasteiger partial charge in [0.2, 0.25) is 0 Å². The highest BCUT2D eigenvalue weighted by atomic mass is 32.2. The smallest absolute Gasteiger partial charge is 0.268 e. The molecule has 2 aliphatic rings. The summed E-state index contributed by atoms with van der Waals surface area (Å²) in [5.74, 6) is -0.802. The van der Waals surface area contributed by atoms with E-state index in [2.05, 4.69) is 5.32 Å². The van der Waals surface area contributed by atoms with E-state index >= 15 is 0 Å². The van der Waals surface area contributed by atoms with Crippen LogP contribution in [0, 0.1) is 5.82 Å². The summed E-state index contributed by atoms with van der Waals surface area (Å²) in [6, 6.07) is 7.44. The molecule has 0 unspecified atom stereocenters. The fraction of sp³-hybridized carbons (Fsp3) is 0.182. The highest BCUT2D eigenvalue weighted by molar-refractivity contribution is 8.02. The van der Waals surface area contributed by atoms with Gasteiger partial charge in [0.1, 0.15) is 11.4 Å². The number of carbonyl (C=O) groups is 1. The van der Waals surface area contributed by atoms with Gasteiger partial charge >= 0.3 is 0 Å². The molecule has 142 valence electrons. The summed E-state index contributed by atoms with van der Waals surface area (Å²) >= 11 is 1.44. The van der Waals surface area contributed by atoms with Gasteiger partial charge in [-0.15, -0.1) is 0 Å². The Labute approximate surface area is 166 Å². The maximum atomic E-state index is 13.4. The number of aryl methyl sites for hydroxylation is 1. The van der Waals surface area contributed by atoms with Crippen LogP contribution in [-0.2, 0) is 6.42 Å².